The molecule has 9 nitrogen and oxygen atoms in total. The van der Waals surface area contributed by atoms with Gasteiger partial charge in [0.2, 0.25) is 15.9 Å². The van der Waals surface area contributed by atoms with Crippen LogP contribution in [0, 0.1) is 0 Å². The van der Waals surface area contributed by atoms with Gasteiger partial charge in [0.25, 0.3) is 0 Å². The van der Waals surface area contributed by atoms with Gasteiger partial charge in [0.15, 0.2) is 5.82 Å². The van der Waals surface area contributed by atoms with Crippen LogP contribution in [0.2, 0.25) is 0 Å². The molecular weight excluding hydrogens is 332 g/mol. The molecule has 0 saturated heterocycles. The van der Waals surface area contributed by atoms with Gasteiger partial charge in [-0.2, -0.15) is 9.40 Å². The van der Waals surface area contributed by atoms with Crippen LogP contribution < -0.4 is 11.1 Å². The second kappa shape index (κ2) is 7.51. The zero-order chi connectivity index (χ0) is 17.7. The third-order valence-corrected chi connectivity index (χ3v) is 5.17. The van der Waals surface area contributed by atoms with E-state index in [0.29, 0.717) is 17.3 Å². The second-order valence-electron chi connectivity index (χ2n) is 5.09. The summed E-state index contributed by atoms with van der Waals surface area (Å²) in [7, 11) is -2.01. The summed E-state index contributed by atoms with van der Waals surface area (Å²) in [5.74, 6) is 0.641. The number of aromatic nitrogens is 3. The summed E-state index contributed by atoms with van der Waals surface area (Å²) in [6.07, 6.45) is 0. The fourth-order valence-corrected chi connectivity index (χ4v) is 2.69. The van der Waals surface area contributed by atoms with Crippen LogP contribution in [0.25, 0.3) is 11.4 Å². The first-order valence-corrected chi connectivity index (χ1v) is 8.92. The minimum Gasteiger partial charge on any atom is -0.325 e. The zero-order valence-corrected chi connectivity index (χ0v) is 14.3. The fraction of sp³-hybridized carbons (Fsp3) is 0.357. The van der Waals surface area contributed by atoms with Crippen LogP contribution in [0.1, 0.15) is 12.7 Å². The highest BCUT2D eigenvalue weighted by Gasteiger charge is 2.18. The number of carbonyl (C=O) groups excluding carboxylic acids is 1. The van der Waals surface area contributed by atoms with Crippen LogP contribution >= 0.6 is 0 Å². The van der Waals surface area contributed by atoms with Gasteiger partial charge in [-0.1, -0.05) is 0 Å². The number of likely N-dealkylation sites (N-methyl/N-ethyl adjacent to an activating group) is 1. The summed E-state index contributed by atoms with van der Waals surface area (Å²) in [5.41, 5.74) is 6.80. The van der Waals surface area contributed by atoms with Crippen molar-refractivity contribution in [2.45, 2.75) is 13.5 Å². The molecule has 0 fully saturated rings. The van der Waals surface area contributed by atoms with E-state index in [9.17, 15) is 13.2 Å². The van der Waals surface area contributed by atoms with Crippen molar-refractivity contribution in [1.82, 2.24) is 19.5 Å². The second-order valence-corrected chi connectivity index (χ2v) is 7.46. The maximum atomic E-state index is 11.9. The van der Waals surface area contributed by atoms with Crippen molar-refractivity contribution in [2.75, 3.05) is 24.7 Å². The molecule has 130 valence electrons. The topological polar surface area (TPSA) is 134 Å². The Morgan fingerprint density at radius 2 is 2.00 bits per heavy atom. The summed E-state index contributed by atoms with van der Waals surface area (Å²) in [6, 6.07) is 6.90. The molecule has 0 unspecified atom stereocenters. The number of benzene rings is 1. The van der Waals surface area contributed by atoms with Crippen molar-refractivity contribution >= 4 is 21.6 Å². The van der Waals surface area contributed by atoms with Crippen molar-refractivity contribution in [3.8, 4) is 11.4 Å². The van der Waals surface area contributed by atoms with E-state index in [0.717, 1.165) is 9.87 Å². The summed E-state index contributed by atoms with van der Waals surface area (Å²) >= 11 is 0. The van der Waals surface area contributed by atoms with Crippen LogP contribution in [0.4, 0.5) is 5.69 Å². The Kier molecular flexibility index (Phi) is 5.65. The number of carbonyl (C=O) groups is 1. The number of nitrogens with zero attached hydrogens (tertiary/aromatic N) is 3. The van der Waals surface area contributed by atoms with Gasteiger partial charge in [0.1, 0.15) is 5.82 Å². The molecule has 10 heteroatoms. The van der Waals surface area contributed by atoms with Crippen LogP contribution in [-0.4, -0.2) is 53.2 Å². The minimum atomic E-state index is -3.39. The number of hydrogen-bond acceptors (Lipinski definition) is 6. The first-order valence-electron chi connectivity index (χ1n) is 7.31. The molecule has 24 heavy (non-hydrogen) atoms. The predicted octanol–water partition coefficient (Wildman–Crippen LogP) is 0.150. The predicted molar refractivity (Wildman–Crippen MR) is 90.4 cm³/mol. The Labute approximate surface area is 140 Å². The molecule has 0 radical (unpaired) electrons. The van der Waals surface area contributed by atoms with Gasteiger partial charge < -0.3 is 11.1 Å². The molecule has 1 aromatic heterocycles. The number of rotatable bonds is 7. The highest BCUT2D eigenvalue weighted by molar-refractivity contribution is 7.89. The van der Waals surface area contributed by atoms with E-state index in [4.69, 9.17) is 5.73 Å². The van der Waals surface area contributed by atoms with Gasteiger partial charge in [-0.05, 0) is 31.2 Å². The Hall–Kier alpha value is -2.30. The van der Waals surface area contributed by atoms with E-state index in [2.05, 4.69) is 20.5 Å². The Bertz CT molecular complexity index is 800. The maximum absolute atomic E-state index is 11.9. The number of nitrogens with one attached hydrogen (secondary N) is 2. The normalized spacial score (nSPS) is 11.7. The summed E-state index contributed by atoms with van der Waals surface area (Å²) in [5, 5.41) is 9.42. The van der Waals surface area contributed by atoms with Crippen molar-refractivity contribution in [2.24, 2.45) is 5.73 Å². The number of sulfonamides is 1. The molecule has 0 spiro atoms. The maximum Gasteiger partial charge on any atom is 0.239 e. The highest BCUT2D eigenvalue weighted by Crippen LogP contribution is 2.18. The standard InChI is InChI=1S/C14H20N6O3S/c1-3-24(22,23)20(2)9-13(21)16-11-6-4-10(5-7-11)14-17-12(8-15)18-19-14/h4-7H,3,8-9,15H2,1-2H3,(H,16,21)(H,17,18,19). The molecule has 1 heterocycles. The van der Waals surface area contributed by atoms with Gasteiger partial charge in [0.05, 0.1) is 18.8 Å². The smallest absolute Gasteiger partial charge is 0.239 e. The van der Waals surface area contributed by atoms with E-state index in [-0.39, 0.29) is 18.8 Å². The highest BCUT2D eigenvalue weighted by atomic mass is 32.2. The fourth-order valence-electron chi connectivity index (χ4n) is 1.94. The third-order valence-electron chi connectivity index (χ3n) is 3.36. The van der Waals surface area contributed by atoms with Gasteiger partial charge in [-0.25, -0.2) is 13.4 Å². The molecule has 1 aromatic carbocycles. The first-order chi connectivity index (χ1) is 11.4. The lowest BCUT2D eigenvalue weighted by Gasteiger charge is -2.15. The van der Waals surface area contributed by atoms with Crippen LogP contribution in [0.3, 0.4) is 0 Å². The van der Waals surface area contributed by atoms with Crippen LogP contribution in [0.5, 0.6) is 0 Å². The Morgan fingerprint density at radius 1 is 1.33 bits per heavy atom. The average molecular weight is 352 g/mol. The summed E-state index contributed by atoms with van der Waals surface area (Å²) in [6.45, 7) is 1.57. The molecule has 1 amide bonds. The number of aromatic amines is 1. The molecule has 0 atom stereocenters. The Balaban J connectivity index is 2.00. The number of amides is 1. The Morgan fingerprint density at radius 3 is 2.54 bits per heavy atom. The van der Waals surface area contributed by atoms with Gasteiger partial charge >= 0.3 is 0 Å². The first kappa shape index (κ1) is 18.0. The van der Waals surface area contributed by atoms with E-state index >= 15 is 0 Å². The van der Waals surface area contributed by atoms with Gasteiger partial charge in [-0.3, -0.25) is 9.89 Å². The summed E-state index contributed by atoms with van der Waals surface area (Å²) in [4.78, 5) is 16.1. The molecule has 0 bridgehead atoms. The molecular formula is C14H20N6O3S. The van der Waals surface area contributed by atoms with E-state index in [1.54, 1.807) is 24.3 Å². The molecule has 0 saturated carbocycles. The zero-order valence-electron chi connectivity index (χ0n) is 13.5. The molecule has 2 aromatic rings. The van der Waals surface area contributed by atoms with E-state index in [1.807, 2.05) is 0 Å². The van der Waals surface area contributed by atoms with E-state index in [1.165, 1.54) is 14.0 Å². The van der Waals surface area contributed by atoms with Crippen molar-refractivity contribution in [3.05, 3.63) is 30.1 Å². The third kappa shape index (κ3) is 4.37. The monoisotopic (exact) mass is 352 g/mol. The minimum absolute atomic E-state index is 0.0487. The van der Waals surface area contributed by atoms with Gasteiger partial charge in [0, 0.05) is 18.3 Å². The van der Waals surface area contributed by atoms with Crippen LogP contribution in [-0.2, 0) is 21.4 Å². The summed E-state index contributed by atoms with van der Waals surface area (Å²) < 4.78 is 24.3. The number of nitrogens with two attached hydrogens (primary N) is 1. The lowest BCUT2D eigenvalue weighted by Crippen LogP contribution is -2.35. The average Bonchev–Trinajstić information content (AvgIpc) is 3.04. The molecule has 2 rings (SSSR count). The number of hydrogen-bond donors (Lipinski definition) is 3. The molecule has 0 aliphatic carbocycles. The molecule has 0 aliphatic rings. The van der Waals surface area contributed by atoms with Crippen molar-refractivity contribution in [3.63, 3.8) is 0 Å². The van der Waals surface area contributed by atoms with E-state index < -0.39 is 15.9 Å². The van der Waals surface area contributed by atoms with Crippen molar-refractivity contribution < 1.29 is 13.2 Å². The lowest BCUT2D eigenvalue weighted by atomic mass is 10.2. The number of H-pyrrole nitrogens is 1. The van der Waals surface area contributed by atoms with Crippen LogP contribution in [0.15, 0.2) is 24.3 Å². The largest absolute Gasteiger partial charge is 0.325 e. The quantitative estimate of drug-likeness (QED) is 0.649. The molecule has 0 aliphatic heterocycles. The van der Waals surface area contributed by atoms with Crippen molar-refractivity contribution in [1.29, 1.82) is 0 Å². The molecule has 4 N–H and O–H groups in total. The lowest BCUT2D eigenvalue weighted by molar-refractivity contribution is -0.116. The number of anilines is 1. The SMILES string of the molecule is CCS(=O)(=O)N(C)CC(=O)Nc1ccc(-c2n[nH]c(CN)n2)cc1. The van der Waals surface area contributed by atoms with Gasteiger partial charge in [-0.15, -0.1) is 0 Å².